The van der Waals surface area contributed by atoms with Gasteiger partial charge >= 0.3 is 14.5 Å². The van der Waals surface area contributed by atoms with E-state index in [1.165, 1.54) is 0 Å². The molecule has 0 radical (unpaired) electrons. The van der Waals surface area contributed by atoms with Gasteiger partial charge in [0.1, 0.15) is 0 Å². The molecule has 82 valence electrons. The molecule has 0 bridgehead atoms. The van der Waals surface area contributed by atoms with Crippen LogP contribution < -0.4 is 0 Å². The van der Waals surface area contributed by atoms with Crippen LogP contribution in [0.15, 0.2) is 0 Å². The lowest BCUT2D eigenvalue weighted by atomic mass is 10.5. The Morgan fingerprint density at radius 3 is 1.62 bits per heavy atom. The van der Waals surface area contributed by atoms with Gasteiger partial charge in [-0.05, 0) is 18.2 Å². The van der Waals surface area contributed by atoms with E-state index in [-0.39, 0.29) is 0 Å². The molecule has 10 heteroatoms. The molecule has 0 aromatic rings. The summed E-state index contributed by atoms with van der Waals surface area (Å²) in [5.74, 6) is 0. The van der Waals surface area contributed by atoms with E-state index in [2.05, 4.69) is 16.3 Å². The number of phosphoric acid groups is 1. The highest BCUT2D eigenvalue weighted by atomic mass is 32.5. The molecule has 0 aromatic heterocycles. The van der Waals surface area contributed by atoms with Gasteiger partial charge < -0.3 is 29.0 Å². The van der Waals surface area contributed by atoms with Gasteiger partial charge in [0.25, 0.3) is 0 Å². The average molecular weight is 254 g/mol. The first-order chi connectivity index (χ1) is 5.56. The molecule has 0 atom stereocenters. The van der Waals surface area contributed by atoms with Crippen molar-refractivity contribution in [3.05, 3.63) is 0 Å². The molecule has 0 spiro atoms. The number of hydrogen-bond acceptors (Lipinski definition) is 3. The number of hydrogen-bond donors (Lipinski definition) is 5. The highest BCUT2D eigenvalue weighted by Crippen LogP contribution is 2.35. The third-order valence-electron chi connectivity index (χ3n) is 0.464. The maximum atomic E-state index is 8.88. The molecule has 7 nitrogen and oxygen atoms in total. The van der Waals surface area contributed by atoms with E-state index >= 15 is 0 Å². The first-order valence-electron chi connectivity index (χ1n) is 3.04. The molecule has 0 unspecified atom stereocenters. The summed E-state index contributed by atoms with van der Waals surface area (Å²) in [6.07, 6.45) is 0.750. The quantitative estimate of drug-likeness (QED) is 0.434. The fourth-order valence-electron chi connectivity index (χ4n) is 0.210. The van der Waals surface area contributed by atoms with Gasteiger partial charge in [-0.15, -0.1) is 0 Å². The molecule has 13 heavy (non-hydrogen) atoms. The second-order valence-electron chi connectivity index (χ2n) is 1.84. The molecular weight excluding hydrogens is 242 g/mol. The van der Waals surface area contributed by atoms with Gasteiger partial charge in [-0.2, -0.15) is 0 Å². The van der Waals surface area contributed by atoms with Gasteiger partial charge in [-0.3, -0.25) is 0 Å². The normalized spacial score (nSPS) is 11.8. The standard InChI is InChI=1S/C3H9O3PS.H3O4P/c1-2-3-6-7(4,5)8;1-5(2,3)4/h2-3H2,1H3,(H2,4,5,8);(H3,1,2,3,4). The van der Waals surface area contributed by atoms with Gasteiger partial charge in [0.15, 0.2) is 0 Å². The van der Waals surface area contributed by atoms with Crippen LogP contribution in [-0.4, -0.2) is 31.1 Å². The van der Waals surface area contributed by atoms with Crippen molar-refractivity contribution >= 4 is 26.3 Å². The van der Waals surface area contributed by atoms with Crippen LogP contribution in [0.5, 0.6) is 0 Å². The van der Waals surface area contributed by atoms with Crippen molar-refractivity contribution in [1.82, 2.24) is 0 Å². The molecule has 0 saturated carbocycles. The second-order valence-corrected chi connectivity index (χ2v) is 5.53. The summed E-state index contributed by atoms with van der Waals surface area (Å²) in [5, 5.41) is 0. The molecular formula is C3H12O7P2S. The summed E-state index contributed by atoms with van der Waals surface area (Å²) < 4.78 is 13.3. The van der Waals surface area contributed by atoms with Crippen LogP contribution >= 0.6 is 14.5 Å². The molecule has 0 fully saturated rings. The fourth-order valence-corrected chi connectivity index (χ4v) is 0.854. The lowest BCUT2D eigenvalue weighted by Gasteiger charge is -2.04. The Hall–Kier alpha value is 0.640. The predicted molar refractivity (Wildman–Crippen MR) is 49.2 cm³/mol. The Morgan fingerprint density at radius 1 is 1.23 bits per heavy atom. The van der Waals surface area contributed by atoms with Crippen molar-refractivity contribution in [1.29, 1.82) is 0 Å². The van der Waals surface area contributed by atoms with Crippen molar-refractivity contribution < 1.29 is 33.6 Å². The minimum absolute atomic E-state index is 0.324. The highest BCUT2D eigenvalue weighted by Gasteiger charge is 2.04. The van der Waals surface area contributed by atoms with E-state index in [0.29, 0.717) is 6.61 Å². The smallest absolute Gasteiger partial charge is 0.325 e. The summed E-state index contributed by atoms with van der Waals surface area (Å²) in [5.41, 5.74) is 0. The van der Waals surface area contributed by atoms with E-state index in [4.69, 9.17) is 29.0 Å². The molecule has 0 amide bonds. The van der Waals surface area contributed by atoms with Gasteiger partial charge in [0, 0.05) is 0 Å². The zero-order chi connectivity index (χ0) is 11.1. The third-order valence-corrected chi connectivity index (χ3v) is 1.30. The zero-order valence-corrected chi connectivity index (χ0v) is 9.37. The van der Waals surface area contributed by atoms with Crippen molar-refractivity contribution in [3.8, 4) is 0 Å². The van der Waals surface area contributed by atoms with Crippen LogP contribution in [0.2, 0.25) is 0 Å². The molecule has 0 aromatic carbocycles. The minimum atomic E-state index is -4.64. The van der Waals surface area contributed by atoms with Crippen LogP contribution in [0, 0.1) is 0 Å². The van der Waals surface area contributed by atoms with Crippen LogP contribution in [0.1, 0.15) is 13.3 Å². The van der Waals surface area contributed by atoms with Crippen LogP contribution in [0.4, 0.5) is 0 Å². The number of rotatable bonds is 3. The van der Waals surface area contributed by atoms with Gasteiger partial charge in [-0.1, -0.05) is 6.92 Å². The molecule has 0 saturated heterocycles. The zero-order valence-electron chi connectivity index (χ0n) is 6.77. The summed E-state index contributed by atoms with van der Waals surface area (Å²) in [4.78, 5) is 38.4. The van der Waals surface area contributed by atoms with E-state index in [1.807, 2.05) is 6.92 Å². The van der Waals surface area contributed by atoms with E-state index in [9.17, 15) is 0 Å². The Bertz CT molecular complexity index is 198. The summed E-state index contributed by atoms with van der Waals surface area (Å²) in [6.45, 7) is -1.16. The van der Waals surface area contributed by atoms with Gasteiger partial charge in [0.2, 0.25) is 0 Å². The topological polar surface area (TPSA) is 127 Å². The molecule has 5 N–H and O–H groups in total. The van der Waals surface area contributed by atoms with Crippen LogP contribution in [0.3, 0.4) is 0 Å². The molecule has 0 heterocycles. The van der Waals surface area contributed by atoms with Crippen LogP contribution in [0.25, 0.3) is 0 Å². The first-order valence-corrected chi connectivity index (χ1v) is 7.23. The predicted octanol–water partition coefficient (Wildman–Crippen LogP) is -0.306. The molecule has 0 aliphatic heterocycles. The lowest BCUT2D eigenvalue weighted by molar-refractivity contribution is 0.252. The fraction of sp³-hybridized carbons (Fsp3) is 1.00. The summed E-state index contributed by atoms with van der Waals surface area (Å²) in [6, 6.07) is 0. The molecule has 0 aliphatic carbocycles. The Kier molecular flexibility index (Phi) is 8.66. The second kappa shape index (κ2) is 7.00. The summed E-state index contributed by atoms with van der Waals surface area (Å²) >= 11 is 4.15. The average Bonchev–Trinajstić information content (AvgIpc) is 1.77. The Balaban J connectivity index is 0. The van der Waals surface area contributed by atoms with E-state index < -0.39 is 14.5 Å². The van der Waals surface area contributed by atoms with Crippen molar-refractivity contribution in [3.63, 3.8) is 0 Å². The molecule has 0 rings (SSSR count). The van der Waals surface area contributed by atoms with Crippen LogP contribution in [-0.2, 0) is 20.9 Å². The SMILES string of the molecule is CCCOP(O)(O)=S.O=P(O)(O)O. The third kappa shape index (κ3) is 45.0. The maximum Gasteiger partial charge on any atom is 0.466 e. The van der Waals surface area contributed by atoms with Crippen molar-refractivity contribution in [2.24, 2.45) is 0 Å². The van der Waals surface area contributed by atoms with Gasteiger partial charge in [0.05, 0.1) is 6.61 Å². The molecule has 0 aliphatic rings. The van der Waals surface area contributed by atoms with Gasteiger partial charge in [-0.25, -0.2) is 4.57 Å². The minimum Gasteiger partial charge on any atom is -0.325 e. The van der Waals surface area contributed by atoms with Crippen molar-refractivity contribution in [2.45, 2.75) is 13.3 Å². The lowest BCUT2D eigenvalue weighted by Crippen LogP contribution is -1.88. The largest absolute Gasteiger partial charge is 0.466 e. The first kappa shape index (κ1) is 16.1. The Morgan fingerprint density at radius 2 is 1.54 bits per heavy atom. The van der Waals surface area contributed by atoms with Crippen molar-refractivity contribution in [2.75, 3.05) is 6.61 Å². The Labute approximate surface area is 80.5 Å². The highest BCUT2D eigenvalue weighted by molar-refractivity contribution is 8.06. The monoisotopic (exact) mass is 254 g/mol. The van der Waals surface area contributed by atoms with E-state index in [1.54, 1.807) is 0 Å². The van der Waals surface area contributed by atoms with E-state index in [0.717, 1.165) is 6.42 Å². The summed E-state index contributed by atoms with van der Waals surface area (Å²) in [7, 11) is -4.64. The maximum absolute atomic E-state index is 8.88.